The minimum atomic E-state index is -1.06. The van der Waals surface area contributed by atoms with Crippen LogP contribution < -0.4 is 10.9 Å². The van der Waals surface area contributed by atoms with Gasteiger partial charge in [0.25, 0.3) is 5.56 Å². The van der Waals surface area contributed by atoms with Crippen molar-refractivity contribution in [3.8, 4) is 0 Å². The topological polar surface area (TPSA) is 74.8 Å². The summed E-state index contributed by atoms with van der Waals surface area (Å²) in [7, 11) is 0. The van der Waals surface area contributed by atoms with E-state index >= 15 is 0 Å². The van der Waals surface area contributed by atoms with Crippen LogP contribution in [0.2, 0.25) is 0 Å². The lowest BCUT2D eigenvalue weighted by Gasteiger charge is -2.24. The average Bonchev–Trinajstić information content (AvgIpc) is 2.69. The maximum absolute atomic E-state index is 14.3. The number of rotatable bonds is 4. The maximum atomic E-state index is 14.3. The smallest absolute Gasteiger partial charge is 0.257 e. The highest BCUT2D eigenvalue weighted by Gasteiger charge is 2.33. The van der Waals surface area contributed by atoms with Gasteiger partial charge in [-0.2, -0.15) is 0 Å². The van der Waals surface area contributed by atoms with Gasteiger partial charge in [0.15, 0.2) is 16.8 Å². The predicted molar refractivity (Wildman–Crippen MR) is 107 cm³/mol. The fraction of sp³-hybridized carbons (Fsp3) is 0.190. The molecular weight excluding hydrogens is 396 g/mol. The zero-order valence-corrected chi connectivity index (χ0v) is 16.3. The van der Waals surface area contributed by atoms with Gasteiger partial charge in [-0.15, -0.1) is 0 Å². The lowest BCUT2D eigenvalue weighted by molar-refractivity contribution is -0.116. The van der Waals surface area contributed by atoms with Crippen LogP contribution in [0.25, 0.3) is 0 Å². The monoisotopic (exact) mass is 413 g/mol. The van der Waals surface area contributed by atoms with Crippen LogP contribution in [0.1, 0.15) is 34.6 Å². The first kappa shape index (κ1) is 19.3. The average molecular weight is 413 g/mol. The van der Waals surface area contributed by atoms with Gasteiger partial charge in [-0.25, -0.2) is 13.8 Å². The zero-order chi connectivity index (χ0) is 20.5. The molecule has 29 heavy (non-hydrogen) atoms. The summed E-state index contributed by atoms with van der Waals surface area (Å²) in [4.78, 5) is 31.9. The van der Waals surface area contributed by atoms with Crippen LogP contribution in [-0.4, -0.2) is 15.9 Å². The molecule has 5 nitrogen and oxygen atoms in total. The summed E-state index contributed by atoms with van der Waals surface area (Å²) in [6.07, 6.45) is -0.159. The lowest BCUT2D eigenvalue weighted by Crippen LogP contribution is -2.31. The number of carbonyl (C=O) groups is 1. The second-order valence-corrected chi connectivity index (χ2v) is 7.82. The Hall–Kier alpha value is -3.00. The van der Waals surface area contributed by atoms with E-state index in [1.165, 1.54) is 23.9 Å². The minimum absolute atomic E-state index is 0.0338. The molecule has 1 amide bonds. The van der Waals surface area contributed by atoms with Crippen molar-refractivity contribution in [2.24, 2.45) is 0 Å². The summed E-state index contributed by atoms with van der Waals surface area (Å²) in [5.74, 6) is -2.72. The largest absolute Gasteiger partial charge is 0.310 e. The number of carbonyl (C=O) groups excluding carboxylic acids is 1. The van der Waals surface area contributed by atoms with Crippen molar-refractivity contribution >= 4 is 23.5 Å². The SMILES string of the molecule is Cc1ccc(CSc2nc3c(c(=O)[nH]2)[C@@H](c2cccc(F)c2F)CC(=O)N3)cc1. The number of hydrogen-bond donors (Lipinski definition) is 2. The molecule has 3 aromatic rings. The van der Waals surface area contributed by atoms with Gasteiger partial charge in [0.2, 0.25) is 5.91 Å². The molecule has 1 atom stereocenters. The third-order valence-corrected chi connectivity index (χ3v) is 5.73. The first-order valence-corrected chi connectivity index (χ1v) is 9.97. The van der Waals surface area contributed by atoms with E-state index in [0.29, 0.717) is 10.9 Å². The van der Waals surface area contributed by atoms with Gasteiger partial charge in [-0.1, -0.05) is 53.7 Å². The number of anilines is 1. The van der Waals surface area contributed by atoms with Crippen molar-refractivity contribution in [2.75, 3.05) is 5.32 Å². The number of benzene rings is 2. The summed E-state index contributed by atoms with van der Waals surface area (Å²) >= 11 is 1.32. The molecule has 148 valence electrons. The number of aryl methyl sites for hydroxylation is 1. The normalized spacial score (nSPS) is 15.7. The number of aromatic amines is 1. The third kappa shape index (κ3) is 3.93. The van der Waals surface area contributed by atoms with Crippen molar-refractivity contribution < 1.29 is 13.6 Å². The van der Waals surface area contributed by atoms with E-state index in [9.17, 15) is 18.4 Å². The van der Waals surface area contributed by atoms with E-state index in [1.807, 2.05) is 31.2 Å². The molecule has 4 rings (SSSR count). The number of aromatic nitrogens is 2. The number of thioether (sulfide) groups is 1. The maximum Gasteiger partial charge on any atom is 0.257 e. The van der Waals surface area contributed by atoms with Crippen LogP contribution in [0.4, 0.5) is 14.6 Å². The predicted octanol–water partition coefficient (Wildman–Crippen LogP) is 4.12. The Bertz CT molecular complexity index is 1150. The fourth-order valence-corrected chi connectivity index (χ4v) is 4.13. The Morgan fingerprint density at radius 1 is 1.14 bits per heavy atom. The molecule has 0 unspecified atom stereocenters. The molecule has 0 bridgehead atoms. The van der Waals surface area contributed by atoms with Crippen molar-refractivity contribution in [1.29, 1.82) is 0 Å². The summed E-state index contributed by atoms with van der Waals surface area (Å²) in [6.45, 7) is 2.00. The Labute approximate surface area is 169 Å². The standard InChI is InChI=1S/C21H17F2N3O2S/c1-11-5-7-12(8-6-11)10-29-21-25-19-17(20(28)26-21)14(9-16(27)24-19)13-3-2-4-15(22)18(13)23/h2-8,14H,9-10H2,1H3,(H2,24,25,26,27,28)/t14-/m1/s1. The molecule has 1 aromatic heterocycles. The molecule has 1 aliphatic rings. The number of nitrogens with zero attached hydrogens (tertiary/aromatic N) is 1. The number of H-pyrrole nitrogens is 1. The minimum Gasteiger partial charge on any atom is -0.310 e. The number of hydrogen-bond acceptors (Lipinski definition) is 4. The summed E-state index contributed by atoms with van der Waals surface area (Å²) in [6, 6.07) is 11.7. The highest BCUT2D eigenvalue weighted by molar-refractivity contribution is 7.98. The van der Waals surface area contributed by atoms with E-state index in [1.54, 1.807) is 0 Å². The lowest BCUT2D eigenvalue weighted by atomic mass is 9.86. The summed E-state index contributed by atoms with van der Waals surface area (Å²) < 4.78 is 28.0. The molecule has 8 heteroatoms. The molecule has 0 fully saturated rings. The molecule has 0 aliphatic carbocycles. The first-order valence-electron chi connectivity index (χ1n) is 8.98. The Morgan fingerprint density at radius 3 is 2.66 bits per heavy atom. The van der Waals surface area contributed by atoms with Crippen LogP contribution in [0.5, 0.6) is 0 Å². The molecule has 1 aliphatic heterocycles. The van der Waals surface area contributed by atoms with Gasteiger partial charge in [-0.05, 0) is 24.1 Å². The second kappa shape index (κ2) is 7.79. The highest BCUT2D eigenvalue weighted by atomic mass is 32.2. The first-order chi connectivity index (χ1) is 13.9. The molecule has 0 radical (unpaired) electrons. The van der Waals surface area contributed by atoms with Crippen LogP contribution >= 0.6 is 11.8 Å². The van der Waals surface area contributed by atoms with Gasteiger partial charge in [0, 0.05) is 18.1 Å². The van der Waals surface area contributed by atoms with Gasteiger partial charge in [0.05, 0.1) is 5.56 Å². The van der Waals surface area contributed by atoms with Crippen molar-refractivity contribution in [3.05, 3.63) is 86.7 Å². The van der Waals surface area contributed by atoms with Crippen LogP contribution in [0, 0.1) is 18.6 Å². The highest BCUT2D eigenvalue weighted by Crippen LogP contribution is 2.36. The number of nitrogens with one attached hydrogen (secondary N) is 2. The zero-order valence-electron chi connectivity index (χ0n) is 15.5. The third-order valence-electron chi connectivity index (χ3n) is 4.78. The fourth-order valence-electron chi connectivity index (χ4n) is 3.31. The molecule has 0 saturated heterocycles. The van der Waals surface area contributed by atoms with E-state index in [0.717, 1.165) is 17.2 Å². The second-order valence-electron chi connectivity index (χ2n) is 6.86. The number of fused-ring (bicyclic) bond motifs is 1. The quantitative estimate of drug-likeness (QED) is 0.498. The number of halogens is 2. The Morgan fingerprint density at radius 2 is 1.90 bits per heavy atom. The van der Waals surface area contributed by atoms with Crippen molar-refractivity contribution in [2.45, 2.75) is 30.2 Å². The molecule has 2 aromatic carbocycles. The van der Waals surface area contributed by atoms with Crippen molar-refractivity contribution in [3.63, 3.8) is 0 Å². The van der Waals surface area contributed by atoms with Gasteiger partial charge in [-0.3, -0.25) is 9.59 Å². The van der Waals surface area contributed by atoms with E-state index < -0.39 is 29.0 Å². The molecule has 0 spiro atoms. The van der Waals surface area contributed by atoms with E-state index in [2.05, 4.69) is 15.3 Å². The van der Waals surface area contributed by atoms with Crippen molar-refractivity contribution in [1.82, 2.24) is 9.97 Å². The molecule has 2 N–H and O–H groups in total. The Kier molecular flexibility index (Phi) is 5.19. The summed E-state index contributed by atoms with van der Waals surface area (Å²) in [5, 5.41) is 2.92. The number of amides is 1. The van der Waals surface area contributed by atoms with Crippen LogP contribution in [-0.2, 0) is 10.5 Å². The van der Waals surface area contributed by atoms with Gasteiger partial charge in [0.1, 0.15) is 5.82 Å². The molecular formula is C21H17F2N3O2S. The molecule has 0 saturated carbocycles. The van der Waals surface area contributed by atoms with Crippen LogP contribution in [0.3, 0.4) is 0 Å². The van der Waals surface area contributed by atoms with Gasteiger partial charge >= 0.3 is 0 Å². The summed E-state index contributed by atoms with van der Waals surface area (Å²) in [5.41, 5.74) is 1.83. The Balaban J connectivity index is 1.68. The van der Waals surface area contributed by atoms with Crippen LogP contribution in [0.15, 0.2) is 52.4 Å². The van der Waals surface area contributed by atoms with Gasteiger partial charge < -0.3 is 10.3 Å². The van der Waals surface area contributed by atoms with E-state index in [4.69, 9.17) is 0 Å². The molecule has 2 heterocycles. The van der Waals surface area contributed by atoms with E-state index in [-0.39, 0.29) is 23.4 Å².